The normalized spacial score (nSPS) is 13.1. The van der Waals surface area contributed by atoms with Crippen molar-refractivity contribution in [3.8, 4) is 6.07 Å². The van der Waals surface area contributed by atoms with Crippen LogP contribution >= 0.6 is 22.7 Å². The largest absolute Gasteiger partial charge is 0.250 e. The Morgan fingerprint density at radius 1 is 1.42 bits per heavy atom. The molecule has 0 aliphatic heterocycles. The number of nitrogens with one attached hydrogen (secondary N) is 1. The Labute approximate surface area is 120 Å². The molecule has 0 radical (unpaired) electrons. The first-order valence-electron chi connectivity index (χ1n) is 5.54. The molecule has 2 heterocycles. The van der Waals surface area contributed by atoms with Crippen LogP contribution in [0, 0.1) is 11.3 Å². The molecule has 0 aliphatic rings. The van der Waals surface area contributed by atoms with Gasteiger partial charge in [0.1, 0.15) is 15.2 Å². The van der Waals surface area contributed by atoms with Crippen molar-refractivity contribution in [2.75, 3.05) is 0 Å². The average molecular weight is 312 g/mol. The molecule has 2 aromatic heterocycles. The molecule has 0 saturated carbocycles. The second-order valence-corrected chi connectivity index (χ2v) is 7.89. The molecule has 1 N–H and O–H groups in total. The van der Waals surface area contributed by atoms with Crippen molar-refractivity contribution in [2.45, 2.75) is 23.6 Å². The summed E-state index contributed by atoms with van der Waals surface area (Å²) in [5, 5.41) is 12.7. The fourth-order valence-corrected chi connectivity index (χ4v) is 4.70. The molecule has 0 aliphatic carbocycles. The number of sulfonamides is 1. The summed E-state index contributed by atoms with van der Waals surface area (Å²) in [5.41, 5.74) is 1.11. The van der Waals surface area contributed by atoms with Gasteiger partial charge in [0.05, 0.1) is 0 Å². The highest BCUT2D eigenvalue weighted by Crippen LogP contribution is 2.21. The Balaban J connectivity index is 2.07. The maximum Gasteiger partial charge on any atom is 0.250 e. The van der Waals surface area contributed by atoms with Crippen LogP contribution in [0.1, 0.15) is 17.4 Å². The van der Waals surface area contributed by atoms with E-state index in [9.17, 15) is 8.42 Å². The zero-order valence-electron chi connectivity index (χ0n) is 10.2. The second-order valence-electron chi connectivity index (χ2n) is 4.09. The van der Waals surface area contributed by atoms with Crippen LogP contribution in [-0.4, -0.2) is 14.5 Å². The van der Waals surface area contributed by atoms with Gasteiger partial charge >= 0.3 is 0 Å². The quantitative estimate of drug-likeness (QED) is 0.922. The molecule has 2 aromatic rings. The van der Waals surface area contributed by atoms with Gasteiger partial charge in [-0.1, -0.05) is 0 Å². The number of nitrogens with zero attached hydrogens (tertiary/aromatic N) is 1. The van der Waals surface area contributed by atoms with Crippen LogP contribution in [0.25, 0.3) is 0 Å². The third-order valence-corrected chi connectivity index (χ3v) is 6.24. The van der Waals surface area contributed by atoms with Gasteiger partial charge in [-0.05, 0) is 47.9 Å². The summed E-state index contributed by atoms with van der Waals surface area (Å²) in [5.74, 6) is 0. The number of thiophene rings is 2. The van der Waals surface area contributed by atoms with E-state index in [2.05, 4.69) is 4.72 Å². The summed E-state index contributed by atoms with van der Waals surface area (Å²) in [6.07, 6.45) is 0.652. The van der Waals surface area contributed by atoms with Crippen molar-refractivity contribution in [3.63, 3.8) is 0 Å². The summed E-state index contributed by atoms with van der Waals surface area (Å²) in [4.78, 5) is 0.394. The first-order chi connectivity index (χ1) is 9.01. The van der Waals surface area contributed by atoms with Crippen molar-refractivity contribution in [2.24, 2.45) is 0 Å². The van der Waals surface area contributed by atoms with Crippen LogP contribution in [0.2, 0.25) is 0 Å². The SMILES string of the molecule is CC(Cc1ccsc1)NS(=O)(=O)c1ccc(C#N)s1. The molecule has 1 atom stereocenters. The van der Waals surface area contributed by atoms with Crippen LogP contribution in [0.3, 0.4) is 0 Å². The van der Waals surface area contributed by atoms with Gasteiger partial charge in [0.15, 0.2) is 0 Å². The predicted octanol–water partition coefficient (Wildman–Crippen LogP) is 2.59. The topological polar surface area (TPSA) is 70.0 Å². The zero-order chi connectivity index (χ0) is 13.9. The van der Waals surface area contributed by atoms with Crippen LogP contribution in [-0.2, 0) is 16.4 Å². The van der Waals surface area contributed by atoms with E-state index in [0.717, 1.165) is 16.9 Å². The van der Waals surface area contributed by atoms with Gasteiger partial charge in [-0.3, -0.25) is 0 Å². The molecule has 19 heavy (non-hydrogen) atoms. The van der Waals surface area contributed by atoms with Crippen LogP contribution < -0.4 is 4.72 Å². The highest BCUT2D eigenvalue weighted by Gasteiger charge is 2.19. The van der Waals surface area contributed by atoms with Crippen molar-refractivity contribution < 1.29 is 8.42 Å². The highest BCUT2D eigenvalue weighted by atomic mass is 32.2. The molecule has 0 amide bonds. The van der Waals surface area contributed by atoms with E-state index in [1.807, 2.05) is 29.8 Å². The average Bonchev–Trinajstić information content (AvgIpc) is 2.97. The fraction of sp³-hybridized carbons (Fsp3) is 0.250. The monoisotopic (exact) mass is 312 g/mol. The molecule has 0 aromatic carbocycles. The molecule has 7 heteroatoms. The lowest BCUT2D eigenvalue weighted by atomic mass is 10.1. The van der Waals surface area contributed by atoms with Gasteiger partial charge in [-0.25, -0.2) is 13.1 Å². The Kier molecular flexibility index (Phi) is 4.37. The zero-order valence-corrected chi connectivity index (χ0v) is 12.6. The molecule has 2 rings (SSSR count). The van der Waals surface area contributed by atoms with Crippen molar-refractivity contribution in [1.29, 1.82) is 5.26 Å². The second kappa shape index (κ2) is 5.84. The molecular formula is C12H12N2O2S3. The third kappa shape index (κ3) is 3.64. The van der Waals surface area contributed by atoms with Crippen molar-refractivity contribution in [1.82, 2.24) is 4.72 Å². The lowest BCUT2D eigenvalue weighted by molar-refractivity contribution is 0.562. The van der Waals surface area contributed by atoms with Gasteiger partial charge in [-0.15, -0.1) is 11.3 Å². The highest BCUT2D eigenvalue weighted by molar-refractivity contribution is 7.91. The number of hydrogen-bond acceptors (Lipinski definition) is 5. The Morgan fingerprint density at radius 3 is 2.79 bits per heavy atom. The Hall–Kier alpha value is -1.20. The standard InChI is InChI=1S/C12H12N2O2S3/c1-9(6-10-4-5-17-8-10)14-19(15,16)12-3-2-11(7-13)18-12/h2-5,8-9,14H,6H2,1H3. The molecule has 1 unspecified atom stereocenters. The van der Waals surface area contributed by atoms with E-state index in [0.29, 0.717) is 11.3 Å². The van der Waals surface area contributed by atoms with Crippen molar-refractivity contribution in [3.05, 3.63) is 39.4 Å². The van der Waals surface area contributed by atoms with Gasteiger partial charge in [-0.2, -0.15) is 16.6 Å². The minimum Gasteiger partial charge on any atom is -0.207 e. The first-order valence-corrected chi connectivity index (χ1v) is 8.79. The smallest absolute Gasteiger partial charge is 0.207 e. The molecule has 0 bridgehead atoms. The van der Waals surface area contributed by atoms with Gasteiger partial charge < -0.3 is 0 Å². The lowest BCUT2D eigenvalue weighted by Gasteiger charge is -2.12. The predicted molar refractivity (Wildman–Crippen MR) is 76.8 cm³/mol. The van der Waals surface area contributed by atoms with E-state index in [-0.39, 0.29) is 10.3 Å². The number of rotatable bonds is 5. The van der Waals surface area contributed by atoms with Gasteiger partial charge in [0.25, 0.3) is 0 Å². The van der Waals surface area contributed by atoms with E-state index < -0.39 is 10.0 Å². The number of hydrogen-bond donors (Lipinski definition) is 1. The Morgan fingerprint density at radius 2 is 2.21 bits per heavy atom. The Bertz CT molecular complexity index is 681. The van der Waals surface area contributed by atoms with E-state index in [4.69, 9.17) is 5.26 Å². The van der Waals surface area contributed by atoms with E-state index in [1.165, 1.54) is 12.1 Å². The van der Waals surface area contributed by atoms with E-state index in [1.54, 1.807) is 11.3 Å². The summed E-state index contributed by atoms with van der Waals surface area (Å²) in [6, 6.07) is 6.71. The molecule has 100 valence electrons. The maximum atomic E-state index is 12.1. The van der Waals surface area contributed by atoms with E-state index >= 15 is 0 Å². The molecule has 0 spiro atoms. The third-order valence-electron chi connectivity index (χ3n) is 2.43. The van der Waals surface area contributed by atoms with Gasteiger partial charge in [0, 0.05) is 6.04 Å². The van der Waals surface area contributed by atoms with Crippen LogP contribution in [0.5, 0.6) is 0 Å². The number of nitriles is 1. The molecule has 4 nitrogen and oxygen atoms in total. The minimum absolute atomic E-state index is 0.182. The summed E-state index contributed by atoms with van der Waals surface area (Å²) < 4.78 is 27.0. The van der Waals surface area contributed by atoms with Gasteiger partial charge in [0.2, 0.25) is 10.0 Å². The van der Waals surface area contributed by atoms with Crippen LogP contribution in [0.4, 0.5) is 0 Å². The molecule has 0 fully saturated rings. The summed E-state index contributed by atoms with van der Waals surface area (Å²) in [6.45, 7) is 1.83. The maximum absolute atomic E-state index is 12.1. The summed E-state index contributed by atoms with van der Waals surface area (Å²) in [7, 11) is -3.53. The molecule has 0 saturated heterocycles. The minimum atomic E-state index is -3.53. The van der Waals surface area contributed by atoms with Crippen LogP contribution in [0.15, 0.2) is 33.2 Å². The molecular weight excluding hydrogens is 300 g/mol. The first kappa shape index (κ1) is 14.2. The fourth-order valence-electron chi connectivity index (χ4n) is 1.65. The lowest BCUT2D eigenvalue weighted by Crippen LogP contribution is -2.33. The summed E-state index contributed by atoms with van der Waals surface area (Å²) >= 11 is 2.57. The van der Waals surface area contributed by atoms with Crippen molar-refractivity contribution >= 4 is 32.7 Å².